The molecule has 2 N–H and O–H groups in total. The Hall–Kier alpha value is -0.770. The number of nitrogens with two attached hydrogens (primary N) is 1. The molecule has 4 nitrogen and oxygen atoms in total. The summed E-state index contributed by atoms with van der Waals surface area (Å²) in [6.07, 6.45) is 1.38. The predicted molar refractivity (Wildman–Crippen MR) is 55.0 cm³/mol. The lowest BCUT2D eigenvalue weighted by Crippen LogP contribution is -2.42. The van der Waals surface area contributed by atoms with Crippen molar-refractivity contribution >= 4 is 6.09 Å². The van der Waals surface area contributed by atoms with E-state index < -0.39 is 6.09 Å². The van der Waals surface area contributed by atoms with Gasteiger partial charge in [0.1, 0.15) is 6.10 Å². The summed E-state index contributed by atoms with van der Waals surface area (Å²) in [5.74, 6) is 0.655. The maximum absolute atomic E-state index is 10.6. The fourth-order valence-corrected chi connectivity index (χ4v) is 1.96. The molecule has 0 unspecified atom stereocenters. The molecule has 1 aliphatic heterocycles. The number of hydrogen-bond acceptors (Lipinski definition) is 3. The van der Waals surface area contributed by atoms with Crippen LogP contribution in [0.4, 0.5) is 4.79 Å². The number of ether oxygens (including phenoxy) is 1. The highest BCUT2D eigenvalue weighted by molar-refractivity contribution is 5.64. The normalized spacial score (nSPS) is 23.8. The fourth-order valence-electron chi connectivity index (χ4n) is 1.96. The summed E-state index contributed by atoms with van der Waals surface area (Å²) < 4.78 is 5.00. The monoisotopic (exact) mass is 200 g/mol. The summed E-state index contributed by atoms with van der Waals surface area (Å²) in [6.45, 7) is 7.40. The van der Waals surface area contributed by atoms with Gasteiger partial charge in [0, 0.05) is 13.1 Å². The van der Waals surface area contributed by atoms with Crippen molar-refractivity contribution < 1.29 is 9.53 Å². The van der Waals surface area contributed by atoms with Gasteiger partial charge >= 0.3 is 6.09 Å². The predicted octanol–water partition coefficient (Wildman–Crippen LogP) is 1.20. The van der Waals surface area contributed by atoms with Crippen LogP contribution in [-0.4, -0.2) is 36.7 Å². The van der Waals surface area contributed by atoms with Crippen LogP contribution in [0.2, 0.25) is 0 Å². The average molecular weight is 200 g/mol. The molecule has 1 heterocycles. The maximum Gasteiger partial charge on any atom is 0.404 e. The van der Waals surface area contributed by atoms with Crippen molar-refractivity contribution in [2.24, 2.45) is 11.7 Å². The number of nitrogens with zero attached hydrogens (tertiary/aromatic N) is 1. The number of primary amides is 1. The summed E-state index contributed by atoms with van der Waals surface area (Å²) in [7, 11) is 0. The Kier molecular flexibility index (Phi) is 4.20. The number of likely N-dealkylation sites (tertiary alicyclic amines) is 1. The molecule has 0 spiro atoms. The molecule has 82 valence electrons. The van der Waals surface area contributed by atoms with Crippen LogP contribution in [0.1, 0.15) is 26.7 Å². The summed E-state index contributed by atoms with van der Waals surface area (Å²) in [5.41, 5.74) is 4.99. The third-order valence-corrected chi connectivity index (χ3v) is 2.37. The standard InChI is InChI=1S/C10H20N2O2/c1-8(2)6-12-5-3-4-9(7-12)14-10(11)13/h8-9H,3-7H2,1-2H3,(H2,11,13)/t9-/m1/s1. The Morgan fingerprint density at radius 1 is 1.64 bits per heavy atom. The van der Waals surface area contributed by atoms with Crippen molar-refractivity contribution in [1.29, 1.82) is 0 Å². The highest BCUT2D eigenvalue weighted by Gasteiger charge is 2.22. The number of piperidine rings is 1. The van der Waals surface area contributed by atoms with Gasteiger partial charge in [-0.1, -0.05) is 13.8 Å². The van der Waals surface area contributed by atoms with Gasteiger partial charge in [-0.3, -0.25) is 4.90 Å². The second kappa shape index (κ2) is 5.20. The molecule has 14 heavy (non-hydrogen) atoms. The molecule has 1 atom stereocenters. The minimum Gasteiger partial charge on any atom is -0.445 e. The van der Waals surface area contributed by atoms with Gasteiger partial charge < -0.3 is 10.5 Å². The van der Waals surface area contributed by atoms with Crippen molar-refractivity contribution in [1.82, 2.24) is 4.90 Å². The molecule has 1 fully saturated rings. The van der Waals surface area contributed by atoms with Crippen molar-refractivity contribution in [3.63, 3.8) is 0 Å². The first-order valence-electron chi connectivity index (χ1n) is 5.26. The molecule has 0 aromatic heterocycles. The Morgan fingerprint density at radius 3 is 2.93 bits per heavy atom. The molecule has 1 saturated heterocycles. The van der Waals surface area contributed by atoms with E-state index in [2.05, 4.69) is 18.7 Å². The van der Waals surface area contributed by atoms with E-state index in [1.54, 1.807) is 0 Å². The zero-order valence-corrected chi connectivity index (χ0v) is 9.03. The van der Waals surface area contributed by atoms with Crippen LogP contribution < -0.4 is 5.73 Å². The van der Waals surface area contributed by atoms with E-state index in [9.17, 15) is 4.79 Å². The van der Waals surface area contributed by atoms with Gasteiger partial charge in [0.05, 0.1) is 0 Å². The zero-order valence-electron chi connectivity index (χ0n) is 9.03. The van der Waals surface area contributed by atoms with Crippen LogP contribution in [0.25, 0.3) is 0 Å². The molecule has 0 radical (unpaired) electrons. The number of carbonyl (C=O) groups is 1. The van der Waals surface area contributed by atoms with E-state index >= 15 is 0 Å². The van der Waals surface area contributed by atoms with Crippen molar-refractivity contribution in [2.75, 3.05) is 19.6 Å². The van der Waals surface area contributed by atoms with Crippen molar-refractivity contribution in [3.05, 3.63) is 0 Å². The second-order valence-electron chi connectivity index (χ2n) is 4.35. The smallest absolute Gasteiger partial charge is 0.404 e. The van der Waals surface area contributed by atoms with E-state index in [-0.39, 0.29) is 6.10 Å². The van der Waals surface area contributed by atoms with Crippen LogP contribution in [-0.2, 0) is 4.74 Å². The van der Waals surface area contributed by atoms with Gasteiger partial charge in [-0.05, 0) is 25.3 Å². The zero-order chi connectivity index (χ0) is 10.6. The van der Waals surface area contributed by atoms with Gasteiger partial charge in [-0.2, -0.15) is 0 Å². The first-order valence-corrected chi connectivity index (χ1v) is 5.26. The molecular formula is C10H20N2O2. The second-order valence-corrected chi connectivity index (χ2v) is 4.35. The minimum absolute atomic E-state index is 0.000000000000000444. The molecule has 0 aliphatic carbocycles. The quantitative estimate of drug-likeness (QED) is 0.744. The molecule has 0 bridgehead atoms. The Bertz CT molecular complexity index is 195. The molecule has 0 saturated carbocycles. The van der Waals surface area contributed by atoms with Crippen molar-refractivity contribution in [3.8, 4) is 0 Å². The first-order chi connectivity index (χ1) is 6.58. The summed E-state index contributed by atoms with van der Waals surface area (Å²) in [6, 6.07) is 0. The molecule has 0 aromatic rings. The highest BCUT2D eigenvalue weighted by atomic mass is 16.6. The third-order valence-electron chi connectivity index (χ3n) is 2.37. The summed E-state index contributed by atoms with van der Waals surface area (Å²) in [5, 5.41) is 0. The van der Waals surface area contributed by atoms with Gasteiger partial charge in [-0.15, -0.1) is 0 Å². The number of amides is 1. The van der Waals surface area contributed by atoms with Gasteiger partial charge in [0.15, 0.2) is 0 Å². The van der Waals surface area contributed by atoms with Crippen LogP contribution in [0.15, 0.2) is 0 Å². The topological polar surface area (TPSA) is 55.6 Å². The van der Waals surface area contributed by atoms with Gasteiger partial charge in [-0.25, -0.2) is 4.79 Å². The van der Waals surface area contributed by atoms with Gasteiger partial charge in [0.2, 0.25) is 0 Å². The third kappa shape index (κ3) is 3.96. The van der Waals surface area contributed by atoms with E-state index in [1.165, 1.54) is 0 Å². The highest BCUT2D eigenvalue weighted by Crippen LogP contribution is 2.14. The minimum atomic E-state index is -0.651. The average Bonchev–Trinajstić information content (AvgIpc) is 2.01. The lowest BCUT2D eigenvalue weighted by molar-refractivity contribution is 0.0436. The van der Waals surface area contributed by atoms with Crippen LogP contribution in [0, 0.1) is 5.92 Å². The molecular weight excluding hydrogens is 180 g/mol. The lowest BCUT2D eigenvalue weighted by atomic mass is 10.1. The molecule has 1 aliphatic rings. The number of carbonyl (C=O) groups excluding carboxylic acids is 1. The first kappa shape index (κ1) is 11.3. The lowest BCUT2D eigenvalue weighted by Gasteiger charge is -2.32. The molecule has 4 heteroatoms. The fraction of sp³-hybridized carbons (Fsp3) is 0.900. The largest absolute Gasteiger partial charge is 0.445 e. The van der Waals surface area contributed by atoms with Crippen LogP contribution in [0.3, 0.4) is 0 Å². The summed E-state index contributed by atoms with van der Waals surface area (Å²) in [4.78, 5) is 12.9. The van der Waals surface area contributed by atoms with E-state index in [0.717, 1.165) is 32.5 Å². The number of rotatable bonds is 3. The van der Waals surface area contributed by atoms with E-state index in [4.69, 9.17) is 10.5 Å². The Balaban J connectivity index is 2.32. The molecule has 1 amide bonds. The Labute approximate surface area is 85.4 Å². The van der Waals surface area contributed by atoms with Crippen LogP contribution in [0.5, 0.6) is 0 Å². The van der Waals surface area contributed by atoms with E-state index in [0.29, 0.717) is 5.92 Å². The van der Waals surface area contributed by atoms with Crippen molar-refractivity contribution in [2.45, 2.75) is 32.8 Å². The van der Waals surface area contributed by atoms with E-state index in [1.807, 2.05) is 0 Å². The number of hydrogen-bond donors (Lipinski definition) is 1. The molecule has 1 rings (SSSR count). The molecule has 0 aromatic carbocycles. The van der Waals surface area contributed by atoms with Gasteiger partial charge in [0.25, 0.3) is 0 Å². The summed E-state index contributed by atoms with van der Waals surface area (Å²) >= 11 is 0. The SMILES string of the molecule is CC(C)CN1CCC[C@@H](OC(N)=O)C1. The van der Waals surface area contributed by atoms with Crippen LogP contribution >= 0.6 is 0 Å². The Morgan fingerprint density at radius 2 is 2.36 bits per heavy atom. The maximum atomic E-state index is 10.6.